The Morgan fingerprint density at radius 2 is 1.97 bits per heavy atom. The van der Waals surface area contributed by atoms with E-state index >= 15 is 0 Å². The summed E-state index contributed by atoms with van der Waals surface area (Å²) in [5.74, 6) is 0.644. The third-order valence-corrected chi connectivity index (χ3v) is 7.21. The van der Waals surface area contributed by atoms with Crippen molar-refractivity contribution in [2.45, 2.75) is 19.9 Å². The Bertz CT molecular complexity index is 1720. The number of ether oxygens (including phenoxy) is 3. The summed E-state index contributed by atoms with van der Waals surface area (Å²) in [6.07, 6.45) is 5.14. The molecule has 2 aromatic heterocycles. The first-order valence-electron chi connectivity index (χ1n) is 11.7. The van der Waals surface area contributed by atoms with Gasteiger partial charge in [-0.3, -0.25) is 14.3 Å². The molecule has 0 N–H and O–H groups in total. The minimum Gasteiger partial charge on any atom is -0.497 e. The average Bonchev–Trinajstić information content (AvgIpc) is 3.21. The number of esters is 1. The van der Waals surface area contributed by atoms with Crippen LogP contribution in [0.4, 0.5) is 0 Å². The third-order valence-electron chi connectivity index (χ3n) is 6.22. The lowest BCUT2D eigenvalue weighted by Crippen LogP contribution is -2.40. The van der Waals surface area contributed by atoms with Crippen molar-refractivity contribution >= 4 is 34.2 Å². The van der Waals surface area contributed by atoms with E-state index in [-0.39, 0.29) is 17.7 Å². The Balaban J connectivity index is 1.88. The molecule has 2 aromatic carbocycles. The Morgan fingerprint density at radius 1 is 1.16 bits per heavy atom. The minimum atomic E-state index is -0.822. The average molecular weight is 516 g/mol. The van der Waals surface area contributed by atoms with Gasteiger partial charge in [-0.05, 0) is 60.5 Å². The van der Waals surface area contributed by atoms with E-state index in [1.807, 2.05) is 42.5 Å². The first kappa shape index (κ1) is 24.5. The van der Waals surface area contributed by atoms with E-state index in [1.165, 1.54) is 11.3 Å². The zero-order valence-electron chi connectivity index (χ0n) is 20.8. The molecule has 3 heterocycles. The summed E-state index contributed by atoms with van der Waals surface area (Å²) in [4.78, 5) is 36.5. The minimum absolute atomic E-state index is 0.189. The lowest BCUT2D eigenvalue weighted by Gasteiger charge is -2.27. The van der Waals surface area contributed by atoms with Gasteiger partial charge in [-0.2, -0.15) is 0 Å². The highest BCUT2D eigenvalue weighted by molar-refractivity contribution is 7.07. The molecule has 188 valence electrons. The van der Waals surface area contributed by atoms with Gasteiger partial charge in [0.15, 0.2) is 4.80 Å². The van der Waals surface area contributed by atoms with Crippen LogP contribution in [0.3, 0.4) is 0 Å². The van der Waals surface area contributed by atoms with Crippen molar-refractivity contribution in [1.82, 2.24) is 9.55 Å². The number of benzene rings is 2. The highest BCUT2D eigenvalue weighted by atomic mass is 32.1. The molecule has 5 rings (SSSR count). The van der Waals surface area contributed by atoms with Crippen LogP contribution in [0.5, 0.6) is 11.5 Å². The van der Waals surface area contributed by atoms with E-state index in [1.54, 1.807) is 51.1 Å². The Hall–Kier alpha value is -4.24. The molecule has 8 nitrogen and oxygen atoms in total. The maximum Gasteiger partial charge on any atom is 0.338 e. The van der Waals surface area contributed by atoms with Gasteiger partial charge in [0, 0.05) is 18.0 Å². The molecule has 1 atom stereocenters. The smallest absolute Gasteiger partial charge is 0.338 e. The summed E-state index contributed by atoms with van der Waals surface area (Å²) in [6, 6.07) is 12.3. The predicted molar refractivity (Wildman–Crippen MR) is 142 cm³/mol. The number of hydrogen-bond donors (Lipinski definition) is 0. The largest absolute Gasteiger partial charge is 0.497 e. The number of rotatable bonds is 6. The Labute approximate surface area is 216 Å². The van der Waals surface area contributed by atoms with Gasteiger partial charge in [0.1, 0.15) is 17.5 Å². The number of nitrogens with zero attached hydrogens (tertiary/aromatic N) is 3. The fourth-order valence-corrected chi connectivity index (χ4v) is 5.61. The number of carbonyl (C=O) groups is 1. The molecule has 0 saturated carbocycles. The molecule has 0 saturated heterocycles. The summed E-state index contributed by atoms with van der Waals surface area (Å²) >= 11 is 1.26. The van der Waals surface area contributed by atoms with Crippen LogP contribution in [-0.4, -0.2) is 36.3 Å². The second-order valence-electron chi connectivity index (χ2n) is 8.36. The van der Waals surface area contributed by atoms with Crippen molar-refractivity contribution in [2.24, 2.45) is 4.99 Å². The third kappa shape index (κ3) is 4.31. The van der Waals surface area contributed by atoms with Crippen molar-refractivity contribution in [3.8, 4) is 11.5 Å². The van der Waals surface area contributed by atoms with Gasteiger partial charge in [-0.25, -0.2) is 9.79 Å². The molecule has 0 fully saturated rings. The topological polar surface area (TPSA) is 92.0 Å². The molecule has 1 aliphatic rings. The van der Waals surface area contributed by atoms with Crippen molar-refractivity contribution in [2.75, 3.05) is 20.8 Å². The molecular formula is C28H25N3O5S. The number of thiazole rings is 1. The fourth-order valence-electron chi connectivity index (χ4n) is 4.57. The first-order valence-corrected chi connectivity index (χ1v) is 12.5. The van der Waals surface area contributed by atoms with Crippen LogP contribution in [0.1, 0.15) is 31.0 Å². The van der Waals surface area contributed by atoms with E-state index in [2.05, 4.69) is 9.98 Å². The van der Waals surface area contributed by atoms with Crippen LogP contribution in [-0.2, 0) is 9.53 Å². The molecule has 1 aliphatic heterocycles. The van der Waals surface area contributed by atoms with Crippen LogP contribution >= 0.6 is 11.3 Å². The molecule has 0 bridgehead atoms. The van der Waals surface area contributed by atoms with Crippen LogP contribution in [0, 0.1) is 0 Å². The van der Waals surface area contributed by atoms with Gasteiger partial charge < -0.3 is 14.2 Å². The molecule has 0 spiro atoms. The molecule has 0 aliphatic carbocycles. The summed E-state index contributed by atoms with van der Waals surface area (Å²) in [7, 11) is 3.16. The zero-order valence-corrected chi connectivity index (χ0v) is 21.7. The van der Waals surface area contributed by atoms with E-state index in [0.29, 0.717) is 32.1 Å². The number of allylic oxidation sites excluding steroid dienone is 1. The fraction of sp³-hybridized carbons (Fsp3) is 0.214. The van der Waals surface area contributed by atoms with Gasteiger partial charge >= 0.3 is 5.97 Å². The number of fused-ring (bicyclic) bond motifs is 2. The van der Waals surface area contributed by atoms with E-state index in [0.717, 1.165) is 16.3 Å². The van der Waals surface area contributed by atoms with Crippen molar-refractivity contribution in [1.29, 1.82) is 0 Å². The number of methoxy groups -OCH3 is 2. The summed E-state index contributed by atoms with van der Waals surface area (Å²) in [6.45, 7) is 3.69. The van der Waals surface area contributed by atoms with Gasteiger partial charge in [0.2, 0.25) is 0 Å². The highest BCUT2D eigenvalue weighted by Gasteiger charge is 2.36. The molecule has 0 unspecified atom stereocenters. The number of pyridine rings is 1. The van der Waals surface area contributed by atoms with E-state index in [4.69, 9.17) is 14.2 Å². The predicted octanol–water partition coefficient (Wildman–Crippen LogP) is 3.36. The quantitative estimate of drug-likeness (QED) is 0.366. The molecule has 9 heteroatoms. The van der Waals surface area contributed by atoms with Crippen LogP contribution in [0.25, 0.3) is 16.8 Å². The Morgan fingerprint density at radius 3 is 2.68 bits per heavy atom. The van der Waals surface area contributed by atoms with Crippen molar-refractivity contribution in [3.05, 3.63) is 96.9 Å². The molecule has 0 amide bonds. The van der Waals surface area contributed by atoms with Crippen molar-refractivity contribution in [3.63, 3.8) is 0 Å². The van der Waals surface area contributed by atoms with Gasteiger partial charge in [0.25, 0.3) is 5.56 Å². The molecular weight excluding hydrogens is 490 g/mol. The first-order chi connectivity index (χ1) is 18.0. The second-order valence-corrected chi connectivity index (χ2v) is 9.37. The lowest BCUT2D eigenvalue weighted by atomic mass is 9.90. The normalized spacial score (nSPS) is 15.4. The van der Waals surface area contributed by atoms with Crippen molar-refractivity contribution < 1.29 is 19.0 Å². The monoisotopic (exact) mass is 515 g/mol. The van der Waals surface area contributed by atoms with Crippen LogP contribution in [0.15, 0.2) is 75.9 Å². The van der Waals surface area contributed by atoms with Crippen LogP contribution in [0.2, 0.25) is 0 Å². The maximum atomic E-state index is 13.9. The molecule has 0 radical (unpaired) electrons. The van der Waals surface area contributed by atoms with E-state index < -0.39 is 12.0 Å². The zero-order chi connectivity index (χ0) is 26.1. The number of hydrogen-bond acceptors (Lipinski definition) is 8. The summed E-state index contributed by atoms with van der Waals surface area (Å²) in [5, 5.41) is 1.70. The summed E-state index contributed by atoms with van der Waals surface area (Å²) in [5.41, 5.74) is 1.95. The van der Waals surface area contributed by atoms with Gasteiger partial charge in [0.05, 0.1) is 36.6 Å². The molecule has 37 heavy (non-hydrogen) atoms. The van der Waals surface area contributed by atoms with Gasteiger partial charge in [-0.1, -0.05) is 29.5 Å². The summed E-state index contributed by atoms with van der Waals surface area (Å²) < 4.78 is 18.8. The van der Waals surface area contributed by atoms with E-state index in [9.17, 15) is 9.59 Å². The Kier molecular flexibility index (Phi) is 6.62. The number of carbonyl (C=O) groups excluding carboxylic acids is 1. The standard InChI is InChI=1S/C28H25N3O5S/c1-5-36-27(33)23-16(2)30-28-31(26(32)22(37-28)13-17-7-6-12-29-15-17)25(23)24-20-14-19(34-3)10-8-18(20)9-11-21(24)35-4/h6-15,25H,5H2,1-4H3/t25-/m1/s1. The van der Waals surface area contributed by atoms with Gasteiger partial charge in [-0.15, -0.1) is 0 Å². The van der Waals surface area contributed by atoms with Crippen LogP contribution < -0.4 is 24.4 Å². The SMILES string of the molecule is CCOC(=O)C1=C(C)N=c2sc(=Cc3cccnc3)c(=O)n2[C@H]1c1c(OC)ccc2ccc(OC)cc12. The number of aromatic nitrogens is 2. The maximum absolute atomic E-state index is 13.9. The molecule has 4 aromatic rings. The highest BCUT2D eigenvalue weighted by Crippen LogP contribution is 2.41. The second kappa shape index (κ2) is 10.0. The lowest BCUT2D eigenvalue weighted by molar-refractivity contribution is -0.139.